The fraction of sp³-hybridized carbons (Fsp3) is 0.500. The van der Waals surface area contributed by atoms with Gasteiger partial charge in [-0.25, -0.2) is 4.79 Å². The smallest absolute Gasteiger partial charge is 0.329 e. The van der Waals surface area contributed by atoms with E-state index in [1.165, 1.54) is 25.8 Å². The number of carbonyl (C=O) groups excluding carboxylic acids is 1. The van der Waals surface area contributed by atoms with Crippen molar-refractivity contribution in [1.82, 2.24) is 4.90 Å². The number of aliphatic carboxylic acids is 1. The Morgan fingerprint density at radius 2 is 1.88 bits per heavy atom. The third-order valence-electron chi connectivity index (χ3n) is 2.94. The number of amides is 1. The molecule has 0 saturated heterocycles. The Morgan fingerprint density at radius 3 is 2.24 bits per heavy atom. The molecule has 0 aliphatic heterocycles. The molecule has 0 spiro atoms. The molecule has 1 aromatic heterocycles. The molecule has 1 N–H and O–H groups in total. The van der Waals surface area contributed by atoms with Gasteiger partial charge in [-0.2, -0.15) is 0 Å². The average Bonchev–Trinajstić information content (AvgIpc) is 2.55. The lowest BCUT2D eigenvalue weighted by molar-refractivity contribution is -0.147. The van der Waals surface area contributed by atoms with Gasteiger partial charge in [0.1, 0.15) is 17.1 Å². The van der Waals surface area contributed by atoms with Gasteiger partial charge in [-0.15, -0.1) is 0 Å². The van der Waals surface area contributed by atoms with Gasteiger partial charge in [0, 0.05) is 7.05 Å². The summed E-state index contributed by atoms with van der Waals surface area (Å²) < 4.78 is 5.26. The number of carbonyl (C=O) groups is 2. The van der Waals surface area contributed by atoms with E-state index in [1.807, 2.05) is 0 Å². The van der Waals surface area contributed by atoms with Crippen LogP contribution in [-0.2, 0) is 4.79 Å². The van der Waals surface area contributed by atoms with Crippen molar-refractivity contribution in [1.29, 1.82) is 0 Å². The second-order valence-corrected chi connectivity index (χ2v) is 4.56. The molecule has 0 radical (unpaired) electrons. The quantitative estimate of drug-likeness (QED) is 0.873. The van der Waals surface area contributed by atoms with Gasteiger partial charge in [0.25, 0.3) is 5.91 Å². The Balaban J connectivity index is 3.06. The van der Waals surface area contributed by atoms with Crippen LogP contribution in [0.2, 0.25) is 0 Å². The summed E-state index contributed by atoms with van der Waals surface area (Å²) in [5, 5.41) is 9.06. The lowest BCUT2D eigenvalue weighted by Crippen LogP contribution is -2.50. The number of hydrogen-bond acceptors (Lipinski definition) is 3. The molecule has 0 fully saturated rings. The van der Waals surface area contributed by atoms with Crippen molar-refractivity contribution < 1.29 is 19.1 Å². The number of likely N-dealkylation sites (N-methyl/N-ethyl adjacent to an activating group) is 1. The molecule has 1 rings (SSSR count). The number of furan rings is 1. The third-order valence-corrected chi connectivity index (χ3v) is 2.94. The molecule has 5 nitrogen and oxygen atoms in total. The molecule has 0 aliphatic carbocycles. The van der Waals surface area contributed by atoms with E-state index in [1.54, 1.807) is 19.9 Å². The molecule has 1 aromatic rings. The van der Waals surface area contributed by atoms with Gasteiger partial charge in [-0.05, 0) is 33.8 Å². The molecule has 1 amide bonds. The maximum absolute atomic E-state index is 12.1. The molecule has 0 aliphatic rings. The summed E-state index contributed by atoms with van der Waals surface area (Å²) in [6.45, 7) is 6.39. The zero-order valence-corrected chi connectivity index (χ0v) is 10.7. The average molecular weight is 239 g/mol. The Morgan fingerprint density at radius 1 is 1.35 bits per heavy atom. The summed E-state index contributed by atoms with van der Waals surface area (Å²) in [7, 11) is 1.47. The minimum atomic E-state index is -1.26. The Kier molecular flexibility index (Phi) is 3.31. The third kappa shape index (κ3) is 2.33. The standard InChI is InChI=1S/C12H17NO4/c1-7-6-9(8(2)17-7)10(14)13(5)12(3,4)11(15)16/h6H,1-5H3,(H,15,16). The number of hydrogen-bond donors (Lipinski definition) is 1. The molecule has 0 bridgehead atoms. The van der Waals surface area contributed by atoms with Crippen molar-refractivity contribution in [2.75, 3.05) is 7.05 Å². The van der Waals surface area contributed by atoms with Crippen molar-refractivity contribution in [3.63, 3.8) is 0 Å². The summed E-state index contributed by atoms with van der Waals surface area (Å²) in [6, 6.07) is 1.62. The SMILES string of the molecule is Cc1cc(C(=O)N(C)C(C)(C)C(=O)O)c(C)o1. The first-order valence-corrected chi connectivity index (χ1v) is 5.26. The molecule has 0 saturated carbocycles. The van der Waals surface area contributed by atoms with Crippen LogP contribution in [0.25, 0.3) is 0 Å². The van der Waals surface area contributed by atoms with Crippen molar-refractivity contribution in [3.8, 4) is 0 Å². The molecule has 0 unspecified atom stereocenters. The van der Waals surface area contributed by atoms with Gasteiger partial charge in [0.2, 0.25) is 0 Å². The molecule has 0 aromatic carbocycles. The van der Waals surface area contributed by atoms with Crippen LogP contribution < -0.4 is 0 Å². The maximum Gasteiger partial charge on any atom is 0.329 e. The second kappa shape index (κ2) is 4.24. The van der Waals surface area contributed by atoms with Gasteiger partial charge < -0.3 is 14.4 Å². The van der Waals surface area contributed by atoms with Gasteiger partial charge in [0.15, 0.2) is 0 Å². The van der Waals surface area contributed by atoms with Crippen LogP contribution in [0.5, 0.6) is 0 Å². The van der Waals surface area contributed by atoms with Crippen LogP contribution in [0.1, 0.15) is 35.7 Å². The zero-order valence-electron chi connectivity index (χ0n) is 10.7. The van der Waals surface area contributed by atoms with Crippen LogP contribution >= 0.6 is 0 Å². The first-order valence-electron chi connectivity index (χ1n) is 5.26. The maximum atomic E-state index is 12.1. The molecule has 94 valence electrons. The Hall–Kier alpha value is -1.78. The summed E-state index contributed by atoms with van der Waals surface area (Å²) in [5.74, 6) is -0.272. The lowest BCUT2D eigenvalue weighted by atomic mass is 10.0. The first-order chi connectivity index (χ1) is 7.67. The van der Waals surface area contributed by atoms with Crippen LogP contribution in [0.3, 0.4) is 0 Å². The minimum Gasteiger partial charge on any atom is -0.480 e. The van der Waals surface area contributed by atoms with E-state index < -0.39 is 11.5 Å². The van der Waals surface area contributed by atoms with Crippen molar-refractivity contribution in [2.45, 2.75) is 33.2 Å². The molecule has 0 atom stereocenters. The Bertz CT molecular complexity index is 459. The van der Waals surface area contributed by atoms with Crippen molar-refractivity contribution in [3.05, 3.63) is 23.2 Å². The molecule has 1 heterocycles. The largest absolute Gasteiger partial charge is 0.480 e. The minimum absolute atomic E-state index is 0.355. The molecular formula is C12H17NO4. The molecular weight excluding hydrogens is 222 g/mol. The van der Waals surface area contributed by atoms with Gasteiger partial charge >= 0.3 is 5.97 Å². The highest BCUT2D eigenvalue weighted by Crippen LogP contribution is 2.20. The monoisotopic (exact) mass is 239 g/mol. The predicted octanol–water partition coefficient (Wildman–Crippen LogP) is 1.83. The summed E-state index contributed by atoms with van der Waals surface area (Å²) in [6.07, 6.45) is 0. The number of nitrogens with zero attached hydrogens (tertiary/aromatic N) is 1. The van der Waals surface area contributed by atoms with E-state index in [0.717, 1.165) is 0 Å². The highest BCUT2D eigenvalue weighted by Gasteiger charge is 2.36. The summed E-state index contributed by atoms with van der Waals surface area (Å²) in [4.78, 5) is 24.4. The normalized spacial score (nSPS) is 11.4. The predicted molar refractivity (Wildman–Crippen MR) is 62.0 cm³/mol. The van der Waals surface area contributed by atoms with E-state index in [0.29, 0.717) is 17.1 Å². The number of rotatable bonds is 3. The van der Waals surface area contributed by atoms with Gasteiger partial charge in [-0.3, -0.25) is 4.79 Å². The van der Waals surface area contributed by atoms with E-state index in [9.17, 15) is 9.59 Å². The zero-order chi connectivity index (χ0) is 13.4. The summed E-state index contributed by atoms with van der Waals surface area (Å²) >= 11 is 0. The van der Waals surface area contributed by atoms with E-state index >= 15 is 0 Å². The number of aryl methyl sites for hydroxylation is 2. The van der Waals surface area contributed by atoms with Crippen molar-refractivity contribution in [2.24, 2.45) is 0 Å². The number of carboxylic acid groups (broad SMARTS) is 1. The number of carboxylic acids is 1. The highest BCUT2D eigenvalue weighted by atomic mass is 16.4. The molecule has 17 heavy (non-hydrogen) atoms. The fourth-order valence-corrected chi connectivity index (χ4v) is 1.42. The van der Waals surface area contributed by atoms with Crippen LogP contribution in [0.4, 0.5) is 0 Å². The lowest BCUT2D eigenvalue weighted by Gasteiger charge is -2.31. The van der Waals surface area contributed by atoms with Gasteiger partial charge in [-0.1, -0.05) is 0 Å². The Labute approximate surface area is 100 Å². The van der Waals surface area contributed by atoms with Crippen LogP contribution in [0, 0.1) is 13.8 Å². The van der Waals surface area contributed by atoms with Crippen molar-refractivity contribution >= 4 is 11.9 Å². The first kappa shape index (κ1) is 13.3. The molecule has 5 heteroatoms. The highest BCUT2D eigenvalue weighted by molar-refractivity contribution is 5.98. The fourth-order valence-electron chi connectivity index (χ4n) is 1.42. The van der Waals surface area contributed by atoms with E-state index in [-0.39, 0.29) is 5.91 Å². The topological polar surface area (TPSA) is 70.8 Å². The van der Waals surface area contributed by atoms with Crippen LogP contribution in [0.15, 0.2) is 10.5 Å². The second-order valence-electron chi connectivity index (χ2n) is 4.56. The summed E-state index contributed by atoms with van der Waals surface area (Å²) in [5.41, 5.74) is -0.853. The van der Waals surface area contributed by atoms with E-state index in [4.69, 9.17) is 9.52 Å². The van der Waals surface area contributed by atoms with Gasteiger partial charge in [0.05, 0.1) is 5.56 Å². The van der Waals surface area contributed by atoms with E-state index in [2.05, 4.69) is 0 Å². The van der Waals surface area contributed by atoms with Crippen LogP contribution in [-0.4, -0.2) is 34.5 Å².